The van der Waals surface area contributed by atoms with Gasteiger partial charge in [-0.15, -0.1) is 0 Å². The van der Waals surface area contributed by atoms with Gasteiger partial charge < -0.3 is 9.57 Å². The summed E-state index contributed by atoms with van der Waals surface area (Å²) in [5, 5.41) is -1.69. The van der Waals surface area contributed by atoms with Gasteiger partial charge in [-0.05, 0) is 85.9 Å². The Balaban J connectivity index is 1.30. The molecule has 3 fully saturated rings. The van der Waals surface area contributed by atoms with Crippen molar-refractivity contribution in [3.8, 4) is 5.75 Å². The van der Waals surface area contributed by atoms with Gasteiger partial charge in [0.1, 0.15) is 17.7 Å². The van der Waals surface area contributed by atoms with Crippen molar-refractivity contribution in [3.63, 3.8) is 0 Å². The largest absolute Gasteiger partial charge is 0.493 e. The average molecular weight is 687 g/mol. The summed E-state index contributed by atoms with van der Waals surface area (Å²) >= 11 is 5.67. The van der Waals surface area contributed by atoms with Gasteiger partial charge in [-0.2, -0.15) is 26.3 Å². The number of rotatable bonds is 8. The summed E-state index contributed by atoms with van der Waals surface area (Å²) < 4.78 is 124. The van der Waals surface area contributed by atoms with Gasteiger partial charge in [0.25, 0.3) is 10.0 Å². The van der Waals surface area contributed by atoms with Crippen LogP contribution in [0.3, 0.4) is 0 Å². The molecule has 2 aromatic carbocycles. The van der Waals surface area contributed by atoms with E-state index < -0.39 is 72.0 Å². The Morgan fingerprint density at radius 2 is 1.60 bits per heavy atom. The number of hydroxylamine groups is 1. The highest BCUT2D eigenvalue weighted by molar-refractivity contribution is 7.90. The van der Waals surface area contributed by atoms with Gasteiger partial charge in [-0.1, -0.05) is 16.1 Å². The molecule has 17 heteroatoms. The number of alkyl halides is 6. The molecule has 0 spiro atoms. The minimum absolute atomic E-state index is 0.0159. The number of amides is 1. The van der Waals surface area contributed by atoms with Gasteiger partial charge in [-0.25, -0.2) is 17.6 Å². The topological polar surface area (TPSA) is 93.2 Å². The van der Waals surface area contributed by atoms with Crippen molar-refractivity contribution >= 4 is 33.5 Å². The first-order valence-electron chi connectivity index (χ1n) is 13.9. The molecule has 1 saturated heterocycles. The summed E-state index contributed by atoms with van der Waals surface area (Å²) in [7, 11) is -4.85. The van der Waals surface area contributed by atoms with Crippen LogP contribution in [0.15, 0.2) is 30.3 Å². The van der Waals surface area contributed by atoms with Crippen molar-refractivity contribution in [1.29, 1.82) is 0 Å². The first kappa shape index (κ1) is 33.3. The highest BCUT2D eigenvalue weighted by atomic mass is 35.5. The summed E-state index contributed by atoms with van der Waals surface area (Å²) in [5.74, 6) is -5.99. The van der Waals surface area contributed by atoms with E-state index in [0.717, 1.165) is 24.3 Å². The minimum Gasteiger partial charge on any atom is -0.490 e. The second-order valence-corrected chi connectivity index (χ2v) is 13.6. The third kappa shape index (κ3) is 7.65. The summed E-state index contributed by atoms with van der Waals surface area (Å²) in [6.07, 6.45) is -8.39. The molecule has 0 bridgehead atoms. The molecule has 1 heterocycles. The quantitative estimate of drug-likeness (QED) is 0.235. The zero-order chi connectivity index (χ0) is 32.9. The Bertz CT molecular complexity index is 1580. The smallest absolute Gasteiger partial charge is 0.490 e. The maximum atomic E-state index is 15.4. The van der Waals surface area contributed by atoms with Crippen LogP contribution in [0.4, 0.5) is 30.7 Å². The SMILES string of the molecule is O=C(c1cc(C2CC2)c(CN2CCC(Oc3ccc(Cl)c(C(F)(F)F)c3)CC2)cc1F)N(OC(=O)C(F)(F)F)S(=O)(=O)C1CC1. The first-order chi connectivity index (χ1) is 20.9. The molecule has 3 aliphatic rings. The fourth-order valence-corrected chi connectivity index (χ4v) is 6.78. The zero-order valence-corrected chi connectivity index (χ0v) is 24.8. The summed E-state index contributed by atoms with van der Waals surface area (Å²) in [6.45, 7) is 1.06. The summed E-state index contributed by atoms with van der Waals surface area (Å²) in [6, 6.07) is 5.40. The lowest BCUT2D eigenvalue weighted by atomic mass is 9.97. The zero-order valence-electron chi connectivity index (χ0n) is 23.3. The molecule has 1 aliphatic heterocycles. The molecule has 5 rings (SSSR count). The van der Waals surface area contributed by atoms with E-state index in [2.05, 4.69) is 4.84 Å². The number of halogens is 8. The molecule has 2 aromatic rings. The monoisotopic (exact) mass is 686 g/mol. The van der Waals surface area contributed by atoms with Gasteiger partial charge in [-0.3, -0.25) is 9.69 Å². The Kier molecular flexibility index (Phi) is 9.05. The van der Waals surface area contributed by atoms with E-state index in [1.54, 1.807) is 0 Å². The number of ether oxygens (including phenoxy) is 1. The Morgan fingerprint density at radius 1 is 0.956 bits per heavy atom. The molecular formula is C28H26ClF7N2O6S. The van der Waals surface area contributed by atoms with Crippen LogP contribution in [0.25, 0.3) is 0 Å². The van der Waals surface area contributed by atoms with Gasteiger partial charge in [0.2, 0.25) is 0 Å². The van der Waals surface area contributed by atoms with Crippen LogP contribution < -0.4 is 4.74 Å². The molecule has 45 heavy (non-hydrogen) atoms. The predicted molar refractivity (Wildman–Crippen MR) is 144 cm³/mol. The third-order valence-electron chi connectivity index (χ3n) is 7.69. The van der Waals surface area contributed by atoms with E-state index in [-0.39, 0.29) is 31.1 Å². The molecule has 0 atom stereocenters. The normalized spacial score (nSPS) is 18.5. The molecule has 8 nitrogen and oxygen atoms in total. The lowest BCUT2D eigenvalue weighted by Gasteiger charge is -2.33. The van der Waals surface area contributed by atoms with Crippen LogP contribution in [-0.4, -0.2) is 60.3 Å². The third-order valence-corrected chi connectivity index (χ3v) is 10.0. The molecule has 2 aliphatic carbocycles. The van der Waals surface area contributed by atoms with E-state index >= 15 is 4.39 Å². The summed E-state index contributed by atoms with van der Waals surface area (Å²) in [4.78, 5) is 30.6. The molecule has 0 N–H and O–H groups in total. The lowest BCUT2D eigenvalue weighted by Crippen LogP contribution is -2.44. The van der Waals surface area contributed by atoms with E-state index in [1.165, 1.54) is 6.07 Å². The maximum Gasteiger partial charge on any atom is 0.493 e. The number of hydrogen-bond donors (Lipinski definition) is 0. The molecule has 0 unspecified atom stereocenters. The molecule has 0 aromatic heterocycles. The van der Waals surface area contributed by atoms with Gasteiger partial charge in [0, 0.05) is 19.6 Å². The highest BCUT2D eigenvalue weighted by Gasteiger charge is 2.50. The van der Waals surface area contributed by atoms with Crippen molar-refractivity contribution in [1.82, 2.24) is 9.37 Å². The van der Waals surface area contributed by atoms with E-state index in [1.807, 2.05) is 4.90 Å². The lowest BCUT2D eigenvalue weighted by molar-refractivity contribution is -0.217. The van der Waals surface area contributed by atoms with Crippen LogP contribution in [0.1, 0.15) is 71.5 Å². The molecular weight excluding hydrogens is 661 g/mol. The Labute approximate surface area is 258 Å². The van der Waals surface area contributed by atoms with Crippen LogP contribution in [0.2, 0.25) is 5.02 Å². The van der Waals surface area contributed by atoms with Crippen molar-refractivity contribution in [2.45, 2.75) is 74.7 Å². The predicted octanol–water partition coefficient (Wildman–Crippen LogP) is 6.37. The number of piperidine rings is 1. The molecule has 2 saturated carbocycles. The van der Waals surface area contributed by atoms with Crippen LogP contribution in [0.5, 0.6) is 5.75 Å². The Hall–Kier alpha value is -3.11. The number of likely N-dealkylation sites (tertiary alicyclic amines) is 1. The van der Waals surface area contributed by atoms with E-state index in [9.17, 15) is 44.3 Å². The molecule has 246 valence electrons. The van der Waals surface area contributed by atoms with Gasteiger partial charge >= 0.3 is 24.2 Å². The second-order valence-electron chi connectivity index (χ2n) is 11.2. The van der Waals surface area contributed by atoms with Gasteiger partial charge in [0.15, 0.2) is 0 Å². The van der Waals surface area contributed by atoms with Crippen LogP contribution in [-0.2, 0) is 32.4 Å². The van der Waals surface area contributed by atoms with Crippen LogP contribution >= 0.6 is 11.6 Å². The standard InChI is InChI=1S/C28H26ClF7N2O6S/c29-23-6-3-18(12-22(23)27(31,32)33)43-17-7-9-37(10-8-17)14-16-11-24(30)21(13-20(16)15-1-2-15)25(39)38(44-26(40)28(34,35)36)45(41,42)19-4-5-19/h3,6,11-13,15,17,19H,1-2,4-5,7-10,14H2. The second kappa shape index (κ2) is 12.2. The van der Waals surface area contributed by atoms with Gasteiger partial charge in [0.05, 0.1) is 21.4 Å². The molecule has 1 amide bonds. The van der Waals surface area contributed by atoms with Crippen LogP contribution in [0, 0.1) is 5.82 Å². The summed E-state index contributed by atoms with van der Waals surface area (Å²) in [5.41, 5.74) is -0.886. The van der Waals surface area contributed by atoms with Crippen molar-refractivity contribution in [3.05, 3.63) is 63.4 Å². The van der Waals surface area contributed by atoms with E-state index in [0.29, 0.717) is 49.9 Å². The number of carbonyl (C=O) groups excluding carboxylic acids is 2. The Morgan fingerprint density at radius 3 is 2.16 bits per heavy atom. The number of hydrogen-bond acceptors (Lipinski definition) is 7. The first-order valence-corrected chi connectivity index (χ1v) is 15.8. The minimum atomic E-state index is -5.61. The maximum absolute atomic E-state index is 15.4. The van der Waals surface area contributed by atoms with Crippen molar-refractivity contribution in [2.24, 2.45) is 0 Å². The average Bonchev–Trinajstić information content (AvgIpc) is 3.85. The number of nitrogens with zero attached hydrogens (tertiary/aromatic N) is 2. The number of benzene rings is 2. The van der Waals surface area contributed by atoms with E-state index in [4.69, 9.17) is 16.3 Å². The van der Waals surface area contributed by atoms with Crippen molar-refractivity contribution in [2.75, 3.05) is 13.1 Å². The number of carbonyl (C=O) groups is 2. The fraction of sp³-hybridized carbons (Fsp3) is 0.500. The number of sulfonamides is 1. The molecule has 0 radical (unpaired) electrons. The highest BCUT2D eigenvalue weighted by Crippen LogP contribution is 2.43. The fourth-order valence-electron chi connectivity index (χ4n) is 5.06. The van der Waals surface area contributed by atoms with Crippen molar-refractivity contribution < 1.29 is 58.3 Å².